The first kappa shape index (κ1) is 7.06. The minimum absolute atomic E-state index is 1.000. The molecule has 1 aromatic heterocycles. The van der Waals surface area contributed by atoms with Gasteiger partial charge in [0, 0.05) is 25.9 Å². The number of pyridine rings is 1. The molecule has 1 heterocycles. The molecule has 0 bridgehead atoms. The van der Waals surface area contributed by atoms with Crippen molar-refractivity contribution in [3.63, 3.8) is 0 Å². The quantitative estimate of drug-likeness (QED) is 0.608. The van der Waals surface area contributed by atoms with Crippen molar-refractivity contribution in [2.75, 3.05) is 18.5 Å². The monoisotopic (exact) mass is 135 g/mol. The number of aromatic nitrogens is 1. The van der Waals surface area contributed by atoms with Gasteiger partial charge in [0.15, 0.2) is 0 Å². The molecule has 0 aliphatic rings. The highest BCUT2D eigenvalue weighted by Gasteiger charge is 1.93. The van der Waals surface area contributed by atoms with Crippen LogP contribution < -0.4 is 4.90 Å². The van der Waals surface area contributed by atoms with Crippen molar-refractivity contribution in [1.82, 2.24) is 4.98 Å². The zero-order chi connectivity index (χ0) is 7.40. The highest BCUT2D eigenvalue weighted by Crippen LogP contribution is 2.06. The highest BCUT2D eigenvalue weighted by atomic mass is 15.1. The molecule has 0 N–H and O–H groups in total. The van der Waals surface area contributed by atoms with Crippen molar-refractivity contribution in [2.45, 2.75) is 6.92 Å². The number of hydrogen-bond donors (Lipinski definition) is 0. The Kier molecular flexibility index (Phi) is 2.26. The first-order chi connectivity index (χ1) is 4.84. The smallest absolute Gasteiger partial charge is 0.0556 e. The topological polar surface area (TPSA) is 16.1 Å². The first-order valence-electron chi connectivity index (χ1n) is 3.37. The predicted octanol–water partition coefficient (Wildman–Crippen LogP) is 1.34. The maximum absolute atomic E-state index is 3.96. The summed E-state index contributed by atoms with van der Waals surface area (Å²) in [7, 11) is 2.03. The average Bonchev–Trinajstić information content (AvgIpc) is 2.05. The molecule has 0 fully saturated rings. The fourth-order valence-corrected chi connectivity index (χ4v) is 0.708. The molecule has 2 nitrogen and oxygen atoms in total. The standard InChI is InChI=1S/C8H11N2/c1-3-10(2)8-5-4-6-9-7-8/h5-7H,3H2,1-2H3. The lowest BCUT2D eigenvalue weighted by Crippen LogP contribution is -2.15. The minimum atomic E-state index is 1.000. The highest BCUT2D eigenvalue weighted by molar-refractivity contribution is 5.41. The number of rotatable bonds is 2. The van der Waals surface area contributed by atoms with Gasteiger partial charge in [-0.05, 0) is 13.0 Å². The second-order valence-corrected chi connectivity index (χ2v) is 2.16. The van der Waals surface area contributed by atoms with Crippen LogP contribution in [-0.2, 0) is 0 Å². The van der Waals surface area contributed by atoms with E-state index in [4.69, 9.17) is 0 Å². The maximum atomic E-state index is 3.96. The molecule has 0 atom stereocenters. The SMILES string of the molecule is CCN(C)c1c[c]cnc1. The summed E-state index contributed by atoms with van der Waals surface area (Å²) >= 11 is 0. The molecular formula is C8H11N2. The number of nitrogens with zero attached hydrogens (tertiary/aromatic N) is 2. The van der Waals surface area contributed by atoms with Crippen LogP contribution in [0.2, 0.25) is 0 Å². The van der Waals surface area contributed by atoms with Gasteiger partial charge in [-0.15, -0.1) is 0 Å². The van der Waals surface area contributed by atoms with Gasteiger partial charge in [-0.1, -0.05) is 0 Å². The van der Waals surface area contributed by atoms with Crippen molar-refractivity contribution in [1.29, 1.82) is 0 Å². The molecule has 0 saturated carbocycles. The molecule has 0 saturated heterocycles. The van der Waals surface area contributed by atoms with Crippen LogP contribution in [-0.4, -0.2) is 18.6 Å². The molecule has 0 aromatic carbocycles. The molecule has 0 aliphatic carbocycles. The van der Waals surface area contributed by atoms with Gasteiger partial charge in [-0.2, -0.15) is 0 Å². The third-order valence-electron chi connectivity index (χ3n) is 1.50. The van der Waals surface area contributed by atoms with Gasteiger partial charge in [-0.3, -0.25) is 4.98 Å². The van der Waals surface area contributed by atoms with E-state index in [1.54, 1.807) is 6.20 Å². The molecule has 1 aromatic rings. The predicted molar refractivity (Wildman–Crippen MR) is 42.0 cm³/mol. The molecule has 1 rings (SSSR count). The molecule has 0 spiro atoms. The second-order valence-electron chi connectivity index (χ2n) is 2.16. The zero-order valence-corrected chi connectivity index (χ0v) is 6.33. The van der Waals surface area contributed by atoms with Gasteiger partial charge >= 0.3 is 0 Å². The summed E-state index contributed by atoms with van der Waals surface area (Å²) in [4.78, 5) is 6.07. The van der Waals surface area contributed by atoms with Crippen molar-refractivity contribution in [2.24, 2.45) is 0 Å². The van der Waals surface area contributed by atoms with E-state index in [2.05, 4.69) is 22.9 Å². The third-order valence-corrected chi connectivity index (χ3v) is 1.50. The molecule has 0 unspecified atom stereocenters. The minimum Gasteiger partial charge on any atom is -0.374 e. The summed E-state index contributed by atoms with van der Waals surface area (Å²) in [5.41, 5.74) is 1.12. The normalized spacial score (nSPS) is 9.40. The molecule has 0 amide bonds. The van der Waals surface area contributed by atoms with Crippen LogP contribution in [0.5, 0.6) is 0 Å². The van der Waals surface area contributed by atoms with E-state index >= 15 is 0 Å². The van der Waals surface area contributed by atoms with Crippen LogP contribution >= 0.6 is 0 Å². The van der Waals surface area contributed by atoms with Gasteiger partial charge in [0.05, 0.1) is 11.9 Å². The van der Waals surface area contributed by atoms with Crippen LogP contribution in [0.4, 0.5) is 5.69 Å². The lowest BCUT2D eigenvalue weighted by atomic mass is 10.4. The van der Waals surface area contributed by atoms with Gasteiger partial charge in [0.1, 0.15) is 0 Å². The molecule has 0 aliphatic heterocycles. The van der Waals surface area contributed by atoms with Crippen molar-refractivity contribution in [3.8, 4) is 0 Å². The van der Waals surface area contributed by atoms with Crippen LogP contribution in [0, 0.1) is 6.07 Å². The van der Waals surface area contributed by atoms with Gasteiger partial charge < -0.3 is 4.90 Å². The average molecular weight is 135 g/mol. The van der Waals surface area contributed by atoms with Crippen molar-refractivity contribution in [3.05, 3.63) is 24.5 Å². The molecule has 2 heteroatoms. The summed E-state index contributed by atoms with van der Waals surface area (Å²) in [5.74, 6) is 0. The third kappa shape index (κ3) is 1.47. The van der Waals surface area contributed by atoms with Crippen LogP contribution in [0.3, 0.4) is 0 Å². The lowest BCUT2D eigenvalue weighted by molar-refractivity contribution is 0.961. The number of hydrogen-bond acceptors (Lipinski definition) is 2. The Hall–Kier alpha value is -1.05. The second kappa shape index (κ2) is 3.20. The van der Waals surface area contributed by atoms with E-state index in [1.165, 1.54) is 0 Å². The Balaban J connectivity index is 2.75. The molecular weight excluding hydrogens is 124 g/mol. The fraction of sp³-hybridized carbons (Fsp3) is 0.375. The lowest BCUT2D eigenvalue weighted by Gasteiger charge is -2.14. The zero-order valence-electron chi connectivity index (χ0n) is 6.33. The Morgan fingerprint density at radius 1 is 1.70 bits per heavy atom. The Morgan fingerprint density at radius 3 is 3.00 bits per heavy atom. The maximum Gasteiger partial charge on any atom is 0.0556 e. The fourth-order valence-electron chi connectivity index (χ4n) is 0.708. The van der Waals surface area contributed by atoms with E-state index in [0.29, 0.717) is 0 Å². The summed E-state index contributed by atoms with van der Waals surface area (Å²) in [5, 5.41) is 0. The van der Waals surface area contributed by atoms with Gasteiger partial charge in [0.25, 0.3) is 0 Å². The summed E-state index contributed by atoms with van der Waals surface area (Å²) < 4.78 is 0. The van der Waals surface area contributed by atoms with Gasteiger partial charge in [-0.25, -0.2) is 0 Å². The largest absolute Gasteiger partial charge is 0.374 e. The van der Waals surface area contributed by atoms with E-state index < -0.39 is 0 Å². The van der Waals surface area contributed by atoms with E-state index in [0.717, 1.165) is 12.2 Å². The van der Waals surface area contributed by atoms with Crippen molar-refractivity contribution < 1.29 is 0 Å². The molecule has 1 radical (unpaired) electrons. The Bertz CT molecular complexity index is 184. The van der Waals surface area contributed by atoms with Crippen LogP contribution in [0.1, 0.15) is 6.92 Å². The summed E-state index contributed by atoms with van der Waals surface area (Å²) in [6, 6.07) is 4.85. The van der Waals surface area contributed by atoms with E-state index in [9.17, 15) is 0 Å². The Morgan fingerprint density at radius 2 is 2.50 bits per heavy atom. The van der Waals surface area contributed by atoms with E-state index in [1.807, 2.05) is 19.3 Å². The summed E-state index contributed by atoms with van der Waals surface area (Å²) in [6.45, 7) is 3.10. The van der Waals surface area contributed by atoms with Crippen LogP contribution in [0.25, 0.3) is 0 Å². The van der Waals surface area contributed by atoms with Crippen molar-refractivity contribution >= 4 is 5.69 Å². The van der Waals surface area contributed by atoms with Crippen LogP contribution in [0.15, 0.2) is 18.5 Å². The first-order valence-corrected chi connectivity index (χ1v) is 3.37. The summed E-state index contributed by atoms with van der Waals surface area (Å²) in [6.07, 6.45) is 3.49. The van der Waals surface area contributed by atoms with E-state index in [-0.39, 0.29) is 0 Å². The Labute approximate surface area is 61.5 Å². The molecule has 53 valence electrons. The molecule has 10 heavy (non-hydrogen) atoms. The number of anilines is 1. The van der Waals surface area contributed by atoms with Gasteiger partial charge in [0.2, 0.25) is 0 Å².